The first-order chi connectivity index (χ1) is 13.4. The normalized spacial score (nSPS) is 12.2. The van der Waals surface area contributed by atoms with E-state index in [1.54, 1.807) is 23.7 Å². The lowest BCUT2D eigenvalue weighted by Gasteiger charge is -2.18. The number of carbonyl (C=O) groups excluding carboxylic acids is 1. The molecule has 148 valence electrons. The van der Waals surface area contributed by atoms with E-state index in [1.807, 2.05) is 25.3 Å². The van der Waals surface area contributed by atoms with Crippen molar-refractivity contribution in [3.05, 3.63) is 47.5 Å². The Morgan fingerprint density at radius 1 is 1.29 bits per heavy atom. The molecule has 1 aromatic carbocycles. The predicted octanol–water partition coefficient (Wildman–Crippen LogP) is 4.33. The Morgan fingerprint density at radius 2 is 2.04 bits per heavy atom. The molecule has 10 heteroatoms. The maximum Gasteiger partial charge on any atom is 0.236 e. The summed E-state index contributed by atoms with van der Waals surface area (Å²) in [5.41, 5.74) is 0. The van der Waals surface area contributed by atoms with E-state index in [0.29, 0.717) is 21.9 Å². The second-order valence-corrected chi connectivity index (χ2v) is 8.03. The zero-order chi connectivity index (χ0) is 20.1. The first-order valence-corrected chi connectivity index (χ1v) is 10.5. The molecule has 1 atom stereocenters. The second-order valence-electron chi connectivity index (χ2n) is 6.19. The van der Waals surface area contributed by atoms with Gasteiger partial charge in [0.15, 0.2) is 22.2 Å². The van der Waals surface area contributed by atoms with Crippen LogP contribution in [0.15, 0.2) is 41.0 Å². The van der Waals surface area contributed by atoms with Gasteiger partial charge in [-0.2, -0.15) is 0 Å². The highest BCUT2D eigenvalue weighted by molar-refractivity contribution is 7.99. The molecule has 0 saturated heterocycles. The zero-order valence-electron chi connectivity index (χ0n) is 15.6. The number of halogens is 1. The Bertz CT molecular complexity index is 913. The lowest BCUT2D eigenvalue weighted by Crippen LogP contribution is -2.16. The highest BCUT2D eigenvalue weighted by Crippen LogP contribution is 2.27. The molecule has 0 radical (unpaired) electrons. The number of amides is 1. The Morgan fingerprint density at radius 3 is 2.68 bits per heavy atom. The number of nitrogens with zero attached hydrogens (tertiary/aromatic N) is 4. The molecule has 0 spiro atoms. The summed E-state index contributed by atoms with van der Waals surface area (Å²) in [4.78, 5) is 16.1. The fourth-order valence-electron chi connectivity index (χ4n) is 2.49. The van der Waals surface area contributed by atoms with Gasteiger partial charge in [0.25, 0.3) is 0 Å². The molecule has 3 rings (SSSR count). The third-order valence-electron chi connectivity index (χ3n) is 3.71. The number of hydrogen-bond acceptors (Lipinski definition) is 7. The minimum absolute atomic E-state index is 0.0776. The van der Waals surface area contributed by atoms with E-state index >= 15 is 0 Å². The minimum Gasteiger partial charge on any atom is -0.483 e. The summed E-state index contributed by atoms with van der Waals surface area (Å²) in [6.45, 7) is 5.88. The van der Waals surface area contributed by atoms with Gasteiger partial charge in [0, 0.05) is 17.6 Å². The van der Waals surface area contributed by atoms with Crippen LogP contribution < -0.4 is 10.1 Å². The predicted molar refractivity (Wildman–Crippen MR) is 107 cm³/mol. The van der Waals surface area contributed by atoms with E-state index in [-0.39, 0.29) is 29.6 Å². The van der Waals surface area contributed by atoms with Gasteiger partial charge in [-0.3, -0.25) is 4.79 Å². The summed E-state index contributed by atoms with van der Waals surface area (Å²) in [5.74, 6) is 0.902. The highest BCUT2D eigenvalue weighted by Gasteiger charge is 2.22. The molecule has 1 N–H and O–H groups in total. The highest BCUT2D eigenvalue weighted by atomic mass is 32.2. The molecule has 1 amide bonds. The standard InChI is InChI=1S/C18H20FN5O2S2/c1-11(2)24-16(12(3)26-14-6-4-13(19)5-7-14)22-23-18(24)28-10-15(25)21-17-20-8-9-27-17/h4-9,11-12H,10H2,1-3H3,(H,20,21,25). The number of hydrogen-bond donors (Lipinski definition) is 1. The van der Waals surface area contributed by atoms with E-state index in [9.17, 15) is 9.18 Å². The van der Waals surface area contributed by atoms with Crippen LogP contribution in [-0.4, -0.2) is 31.4 Å². The van der Waals surface area contributed by atoms with Gasteiger partial charge in [0.05, 0.1) is 5.75 Å². The van der Waals surface area contributed by atoms with Crippen LogP contribution >= 0.6 is 23.1 Å². The van der Waals surface area contributed by atoms with Crippen LogP contribution in [0, 0.1) is 5.82 Å². The van der Waals surface area contributed by atoms with Gasteiger partial charge in [0.1, 0.15) is 11.6 Å². The summed E-state index contributed by atoms with van der Waals surface area (Å²) in [6.07, 6.45) is 1.25. The van der Waals surface area contributed by atoms with Crippen molar-refractivity contribution in [3.8, 4) is 5.75 Å². The van der Waals surface area contributed by atoms with Crippen LogP contribution in [-0.2, 0) is 4.79 Å². The third kappa shape index (κ3) is 5.08. The first-order valence-electron chi connectivity index (χ1n) is 8.63. The number of benzene rings is 1. The summed E-state index contributed by atoms with van der Waals surface area (Å²) in [7, 11) is 0. The van der Waals surface area contributed by atoms with Crippen LogP contribution in [0.1, 0.15) is 38.7 Å². The summed E-state index contributed by atoms with van der Waals surface area (Å²) < 4.78 is 20.9. The molecule has 0 aliphatic carbocycles. The number of ether oxygens (including phenoxy) is 1. The first kappa shape index (κ1) is 20.3. The van der Waals surface area contributed by atoms with Crippen molar-refractivity contribution >= 4 is 34.1 Å². The Labute approximate surface area is 170 Å². The number of carbonyl (C=O) groups is 1. The lowest BCUT2D eigenvalue weighted by atomic mass is 10.3. The zero-order valence-corrected chi connectivity index (χ0v) is 17.3. The third-order valence-corrected chi connectivity index (χ3v) is 5.34. The van der Waals surface area contributed by atoms with Gasteiger partial charge in [-0.1, -0.05) is 11.8 Å². The van der Waals surface area contributed by atoms with Crippen molar-refractivity contribution in [2.24, 2.45) is 0 Å². The molecule has 0 bridgehead atoms. The van der Waals surface area contributed by atoms with Crippen molar-refractivity contribution in [3.63, 3.8) is 0 Å². The van der Waals surface area contributed by atoms with Gasteiger partial charge in [-0.15, -0.1) is 21.5 Å². The maximum atomic E-state index is 13.1. The molecule has 2 aromatic heterocycles. The van der Waals surface area contributed by atoms with Crippen molar-refractivity contribution in [1.82, 2.24) is 19.7 Å². The van der Waals surface area contributed by atoms with E-state index in [1.165, 1.54) is 35.2 Å². The van der Waals surface area contributed by atoms with Crippen molar-refractivity contribution in [1.29, 1.82) is 0 Å². The minimum atomic E-state index is -0.390. The van der Waals surface area contributed by atoms with Gasteiger partial charge in [0.2, 0.25) is 5.91 Å². The lowest BCUT2D eigenvalue weighted by molar-refractivity contribution is -0.113. The topological polar surface area (TPSA) is 81.9 Å². The Balaban J connectivity index is 1.68. The molecule has 7 nitrogen and oxygen atoms in total. The molecular formula is C18H20FN5O2S2. The molecule has 0 aliphatic heterocycles. The number of thioether (sulfide) groups is 1. The van der Waals surface area contributed by atoms with Gasteiger partial charge in [-0.25, -0.2) is 9.37 Å². The number of rotatable bonds is 8. The molecule has 3 aromatic rings. The molecule has 0 saturated carbocycles. The summed E-state index contributed by atoms with van der Waals surface area (Å²) in [5, 5.41) is 14.2. The van der Waals surface area contributed by atoms with Crippen LogP contribution in [0.5, 0.6) is 5.75 Å². The smallest absolute Gasteiger partial charge is 0.236 e. The van der Waals surface area contributed by atoms with Crippen molar-refractivity contribution in [2.75, 3.05) is 11.1 Å². The molecule has 0 fully saturated rings. The molecule has 2 heterocycles. The number of nitrogens with one attached hydrogen (secondary N) is 1. The van der Waals surface area contributed by atoms with Crippen LogP contribution in [0.25, 0.3) is 0 Å². The monoisotopic (exact) mass is 421 g/mol. The van der Waals surface area contributed by atoms with Crippen LogP contribution in [0.3, 0.4) is 0 Å². The fraction of sp³-hybridized carbons (Fsp3) is 0.333. The van der Waals surface area contributed by atoms with Crippen LogP contribution in [0.4, 0.5) is 9.52 Å². The van der Waals surface area contributed by atoms with Crippen LogP contribution in [0.2, 0.25) is 0 Å². The molecule has 0 aliphatic rings. The summed E-state index contributed by atoms with van der Waals surface area (Å²) >= 11 is 2.67. The SMILES string of the molecule is CC(Oc1ccc(F)cc1)c1nnc(SCC(=O)Nc2nccs2)n1C(C)C. The van der Waals surface area contributed by atoms with E-state index < -0.39 is 0 Å². The molecule has 28 heavy (non-hydrogen) atoms. The quantitative estimate of drug-likeness (QED) is 0.545. The number of anilines is 1. The van der Waals surface area contributed by atoms with Crippen molar-refractivity contribution < 1.29 is 13.9 Å². The van der Waals surface area contributed by atoms with E-state index in [0.717, 1.165) is 0 Å². The van der Waals surface area contributed by atoms with Gasteiger partial charge < -0.3 is 14.6 Å². The fourth-order valence-corrected chi connectivity index (χ4v) is 3.91. The molecule has 1 unspecified atom stereocenters. The average Bonchev–Trinajstić information content (AvgIpc) is 3.31. The van der Waals surface area contributed by atoms with Gasteiger partial charge in [-0.05, 0) is 45.0 Å². The van der Waals surface area contributed by atoms with E-state index in [4.69, 9.17) is 4.74 Å². The average molecular weight is 422 g/mol. The van der Waals surface area contributed by atoms with E-state index in [2.05, 4.69) is 20.5 Å². The number of aromatic nitrogens is 4. The summed E-state index contributed by atoms with van der Waals surface area (Å²) in [6, 6.07) is 5.91. The second kappa shape index (κ2) is 9.16. The Hall–Kier alpha value is -2.46. The van der Waals surface area contributed by atoms with Gasteiger partial charge >= 0.3 is 0 Å². The van der Waals surface area contributed by atoms with Crippen molar-refractivity contribution in [2.45, 2.75) is 38.1 Å². The Kier molecular flexibility index (Phi) is 6.63. The maximum absolute atomic E-state index is 13.1. The largest absolute Gasteiger partial charge is 0.483 e. The molecular weight excluding hydrogens is 401 g/mol. The number of thiazole rings is 1.